The lowest BCUT2D eigenvalue weighted by atomic mass is 9.94. The van der Waals surface area contributed by atoms with Crippen LogP contribution in [0.1, 0.15) is 62.2 Å². The molecule has 2 aromatic rings. The van der Waals surface area contributed by atoms with Crippen LogP contribution in [0.5, 0.6) is 5.75 Å². The molecule has 47 heavy (non-hydrogen) atoms. The van der Waals surface area contributed by atoms with E-state index in [9.17, 15) is 27.9 Å². The van der Waals surface area contributed by atoms with Crippen molar-refractivity contribution in [3.8, 4) is 5.75 Å². The Kier molecular flexibility index (Phi) is 8.94. The zero-order valence-corrected chi connectivity index (χ0v) is 27.9. The van der Waals surface area contributed by atoms with Crippen LogP contribution in [0, 0.1) is 13.8 Å². The number of aliphatic hydroxyl groups is 1. The summed E-state index contributed by atoms with van der Waals surface area (Å²) in [6, 6.07) is 7.04. The highest BCUT2D eigenvalue weighted by atomic mass is 32.2. The zero-order chi connectivity index (χ0) is 33.6. The van der Waals surface area contributed by atoms with Crippen LogP contribution in [0.3, 0.4) is 0 Å². The number of amides is 2. The van der Waals surface area contributed by atoms with Crippen LogP contribution in [-0.2, 0) is 26.8 Å². The minimum absolute atomic E-state index is 0.0485. The SMILES string of the molecule is Cc1cc(C)c(OC[C@H](O)CN=C2C=CCC(=O)C2=C2Cc3cc4c(cc3N2)C(=O)N(C2CCN(C)CC2)C4=O)c(CS(C)(=O)=O)c1. The summed E-state index contributed by atoms with van der Waals surface area (Å²) in [5, 5.41) is 14.1. The summed E-state index contributed by atoms with van der Waals surface area (Å²) >= 11 is 0. The van der Waals surface area contributed by atoms with Crippen LogP contribution in [-0.4, -0.2) is 98.3 Å². The monoisotopic (exact) mass is 660 g/mol. The highest BCUT2D eigenvalue weighted by Crippen LogP contribution is 2.38. The van der Waals surface area contributed by atoms with Gasteiger partial charge < -0.3 is 20.1 Å². The number of nitrogens with zero attached hydrogens (tertiary/aromatic N) is 3. The van der Waals surface area contributed by atoms with E-state index in [4.69, 9.17) is 4.74 Å². The van der Waals surface area contributed by atoms with Crippen molar-refractivity contribution < 1.29 is 32.6 Å². The molecule has 1 saturated heterocycles. The van der Waals surface area contributed by atoms with Gasteiger partial charge in [0.1, 0.15) is 18.5 Å². The molecule has 4 aliphatic rings. The number of ketones is 1. The van der Waals surface area contributed by atoms with Crippen molar-refractivity contribution in [2.45, 2.75) is 57.4 Å². The maximum atomic E-state index is 13.4. The van der Waals surface area contributed by atoms with Crippen molar-refractivity contribution >= 4 is 38.8 Å². The van der Waals surface area contributed by atoms with Crippen molar-refractivity contribution in [3.63, 3.8) is 0 Å². The summed E-state index contributed by atoms with van der Waals surface area (Å²) in [4.78, 5) is 48.2. The van der Waals surface area contributed by atoms with Crippen LogP contribution in [0.15, 0.2) is 52.7 Å². The first-order chi connectivity index (χ1) is 22.3. The third-order valence-corrected chi connectivity index (χ3v) is 9.90. The molecule has 12 heteroatoms. The molecule has 3 aliphatic heterocycles. The third kappa shape index (κ3) is 6.81. The molecule has 2 N–H and O–H groups in total. The van der Waals surface area contributed by atoms with E-state index >= 15 is 0 Å². The van der Waals surface area contributed by atoms with E-state index < -0.39 is 15.9 Å². The topological polar surface area (TPSA) is 146 Å². The molecule has 1 atom stereocenters. The average Bonchev–Trinajstić information content (AvgIpc) is 3.51. The highest BCUT2D eigenvalue weighted by molar-refractivity contribution is 7.89. The number of nitrogens with one attached hydrogen (secondary N) is 1. The Hall–Kier alpha value is -4.13. The standard InChI is InChI=1S/C35H40N4O7S/c1-20-12-21(2)33(23(13-20)19-47(4,44)45)46-18-25(40)17-36-28-6-5-7-31(41)32(28)30-15-22-14-26-27(16-29(22)37-30)35(43)39(34(26)42)24-8-10-38(3)11-9-24/h5-6,12-14,16,24-25,37,40H,7-11,15,17-19H2,1-4H3/t25-/m1/s1. The molecule has 3 heterocycles. The van der Waals surface area contributed by atoms with Gasteiger partial charge in [0.05, 0.1) is 34.7 Å². The van der Waals surface area contributed by atoms with Crippen molar-refractivity contribution in [1.82, 2.24) is 9.80 Å². The van der Waals surface area contributed by atoms with Gasteiger partial charge in [0.2, 0.25) is 0 Å². The molecule has 0 unspecified atom stereocenters. The first-order valence-electron chi connectivity index (χ1n) is 15.9. The summed E-state index contributed by atoms with van der Waals surface area (Å²) < 4.78 is 29.9. The number of allylic oxidation sites excluding steroid dienone is 4. The number of sulfone groups is 1. The number of anilines is 1. The molecular weight excluding hydrogens is 620 g/mol. The summed E-state index contributed by atoms with van der Waals surface area (Å²) in [7, 11) is -1.27. The van der Waals surface area contributed by atoms with E-state index in [1.165, 1.54) is 11.2 Å². The lowest BCUT2D eigenvalue weighted by molar-refractivity contribution is -0.114. The fourth-order valence-corrected chi connectivity index (χ4v) is 7.66. The molecule has 0 spiro atoms. The van der Waals surface area contributed by atoms with E-state index in [0.29, 0.717) is 51.5 Å². The van der Waals surface area contributed by atoms with Gasteiger partial charge in [0, 0.05) is 42.1 Å². The number of imide groups is 1. The number of Topliss-reactive ketones (excluding diaryl/α,β-unsaturated/α-hetero) is 1. The average molecular weight is 661 g/mol. The van der Waals surface area contributed by atoms with E-state index in [2.05, 4.69) is 15.2 Å². The number of hydrogen-bond acceptors (Lipinski definition) is 10. The van der Waals surface area contributed by atoms with Crippen LogP contribution in [0.4, 0.5) is 5.69 Å². The second kappa shape index (κ2) is 12.8. The van der Waals surface area contributed by atoms with Crippen molar-refractivity contribution in [2.24, 2.45) is 4.99 Å². The molecule has 2 aromatic carbocycles. The van der Waals surface area contributed by atoms with Gasteiger partial charge >= 0.3 is 0 Å². The summed E-state index contributed by atoms with van der Waals surface area (Å²) in [5.74, 6) is -0.409. The van der Waals surface area contributed by atoms with Gasteiger partial charge in [0.15, 0.2) is 15.6 Å². The lowest BCUT2D eigenvalue weighted by Crippen LogP contribution is -2.46. The van der Waals surface area contributed by atoms with E-state index in [1.54, 1.807) is 30.4 Å². The highest BCUT2D eigenvalue weighted by Gasteiger charge is 2.42. The first-order valence-corrected chi connectivity index (χ1v) is 17.9. The van der Waals surface area contributed by atoms with Gasteiger partial charge in [-0.25, -0.2) is 8.42 Å². The predicted octanol–water partition coefficient (Wildman–Crippen LogP) is 3.17. The summed E-state index contributed by atoms with van der Waals surface area (Å²) in [5.41, 5.74) is 5.97. The number of ether oxygens (including phenoxy) is 1. The Bertz CT molecular complexity index is 1820. The summed E-state index contributed by atoms with van der Waals surface area (Å²) in [6.45, 7) is 5.22. The minimum atomic E-state index is -3.31. The molecule has 0 aromatic heterocycles. The van der Waals surface area contributed by atoms with Gasteiger partial charge in [-0.1, -0.05) is 23.8 Å². The molecule has 0 bridgehead atoms. The van der Waals surface area contributed by atoms with Gasteiger partial charge in [-0.2, -0.15) is 0 Å². The smallest absolute Gasteiger partial charge is 0.261 e. The largest absolute Gasteiger partial charge is 0.490 e. The Morgan fingerprint density at radius 2 is 1.77 bits per heavy atom. The number of likely N-dealkylation sites (tertiary alicyclic amines) is 1. The number of aryl methyl sites for hydroxylation is 2. The lowest BCUT2D eigenvalue weighted by Gasteiger charge is -2.33. The zero-order valence-electron chi connectivity index (χ0n) is 27.1. The maximum absolute atomic E-state index is 13.4. The normalized spacial score (nSPS) is 21.8. The fourth-order valence-electron chi connectivity index (χ4n) is 6.88. The Morgan fingerprint density at radius 3 is 2.47 bits per heavy atom. The molecule has 0 saturated carbocycles. The number of aliphatic imine (C=N–C) groups is 1. The quantitative estimate of drug-likeness (QED) is 0.322. The van der Waals surface area contributed by atoms with E-state index in [1.807, 2.05) is 27.0 Å². The number of aliphatic hydroxyl groups excluding tert-OH is 1. The van der Waals surface area contributed by atoms with Crippen molar-refractivity contribution in [1.29, 1.82) is 0 Å². The molecular formula is C35H40N4O7S. The molecule has 2 amide bonds. The van der Waals surface area contributed by atoms with Crippen molar-refractivity contribution in [3.05, 3.63) is 81.1 Å². The van der Waals surface area contributed by atoms with Gasteiger partial charge in [-0.15, -0.1) is 0 Å². The van der Waals surface area contributed by atoms with E-state index in [-0.39, 0.29) is 49.0 Å². The van der Waals surface area contributed by atoms with Gasteiger partial charge in [-0.05, 0) is 76.2 Å². The number of piperidine rings is 1. The number of benzene rings is 2. The maximum Gasteiger partial charge on any atom is 0.261 e. The summed E-state index contributed by atoms with van der Waals surface area (Å²) in [6.07, 6.45) is 5.71. The molecule has 6 rings (SSSR count). The van der Waals surface area contributed by atoms with Gasteiger partial charge in [0.25, 0.3) is 11.8 Å². The fraction of sp³-hybridized carbons (Fsp3) is 0.429. The molecule has 0 radical (unpaired) electrons. The van der Waals surface area contributed by atoms with Crippen LogP contribution < -0.4 is 10.1 Å². The minimum Gasteiger partial charge on any atom is -0.490 e. The molecule has 11 nitrogen and oxygen atoms in total. The van der Waals surface area contributed by atoms with Crippen molar-refractivity contribution in [2.75, 3.05) is 44.9 Å². The number of rotatable bonds is 8. The Labute approximate surface area is 274 Å². The van der Waals surface area contributed by atoms with Crippen LogP contribution >= 0.6 is 0 Å². The number of fused-ring (bicyclic) bond motifs is 2. The second-order valence-electron chi connectivity index (χ2n) is 13.1. The number of hydrogen-bond donors (Lipinski definition) is 2. The predicted molar refractivity (Wildman–Crippen MR) is 179 cm³/mol. The van der Waals surface area contributed by atoms with Crippen LogP contribution in [0.2, 0.25) is 0 Å². The van der Waals surface area contributed by atoms with Crippen LogP contribution in [0.25, 0.3) is 0 Å². The second-order valence-corrected chi connectivity index (χ2v) is 15.2. The number of carbonyl (C=O) groups is 3. The van der Waals surface area contributed by atoms with Gasteiger partial charge in [-0.3, -0.25) is 24.3 Å². The Balaban J connectivity index is 1.18. The molecule has 1 aliphatic carbocycles. The molecule has 248 valence electrons. The Morgan fingerprint density at radius 1 is 1.06 bits per heavy atom. The molecule has 1 fully saturated rings. The number of carbonyl (C=O) groups excluding carboxylic acids is 3. The van der Waals surface area contributed by atoms with E-state index in [0.717, 1.165) is 42.6 Å². The first kappa shape index (κ1) is 32.8. The third-order valence-electron chi connectivity index (χ3n) is 9.07.